The molecule has 3 aliphatic rings. The third-order valence-electron chi connectivity index (χ3n) is 10.0. The second kappa shape index (κ2) is 14.8. The highest BCUT2D eigenvalue weighted by Crippen LogP contribution is 2.38. The highest BCUT2D eigenvalue weighted by atomic mass is 32.2. The molecule has 0 bridgehead atoms. The van der Waals surface area contributed by atoms with Crippen LogP contribution in [-0.2, 0) is 21.2 Å². The van der Waals surface area contributed by atoms with E-state index in [2.05, 4.69) is 26.3 Å². The number of imidazole rings is 1. The number of carbonyl (C=O) groups excluding carboxylic acids is 3. The van der Waals surface area contributed by atoms with Gasteiger partial charge in [-0.2, -0.15) is 9.97 Å². The highest BCUT2D eigenvalue weighted by molar-refractivity contribution is 7.89. The number of urea groups is 2. The van der Waals surface area contributed by atoms with Crippen molar-refractivity contribution in [2.45, 2.75) is 73.5 Å². The first-order chi connectivity index (χ1) is 25.8. The Morgan fingerprint density at radius 3 is 2.44 bits per heavy atom. The minimum Gasteiger partial charge on any atom is -0.394 e. The first-order valence-corrected chi connectivity index (χ1v) is 19.0. The summed E-state index contributed by atoms with van der Waals surface area (Å²) in [5, 5.41) is 49.3. The van der Waals surface area contributed by atoms with Crippen LogP contribution in [0, 0.1) is 0 Å². The maximum atomic E-state index is 12.9. The van der Waals surface area contributed by atoms with E-state index in [9.17, 15) is 38.1 Å². The molecule has 0 radical (unpaired) electrons. The molecule has 9 N–H and O–H groups in total. The molecule has 3 fully saturated rings. The zero-order chi connectivity index (χ0) is 38.3. The van der Waals surface area contributed by atoms with Crippen LogP contribution in [0.3, 0.4) is 0 Å². The summed E-state index contributed by atoms with van der Waals surface area (Å²) in [5.41, 5.74) is 1.99. The second-order valence-corrected chi connectivity index (χ2v) is 15.3. The van der Waals surface area contributed by atoms with Gasteiger partial charge in [0.1, 0.15) is 18.2 Å². The van der Waals surface area contributed by atoms with Crippen molar-refractivity contribution < 1.29 is 38.1 Å². The van der Waals surface area contributed by atoms with Crippen LogP contribution in [0.25, 0.3) is 11.2 Å². The molecule has 286 valence electrons. The van der Waals surface area contributed by atoms with Crippen molar-refractivity contribution in [3.8, 4) is 0 Å². The first-order valence-electron chi connectivity index (χ1n) is 17.4. The number of anilines is 3. The average molecular weight is 764 g/mol. The van der Waals surface area contributed by atoms with E-state index in [1.807, 2.05) is 35.2 Å². The van der Waals surface area contributed by atoms with Crippen LogP contribution in [0.4, 0.5) is 27.0 Å². The van der Waals surface area contributed by atoms with Crippen molar-refractivity contribution in [1.82, 2.24) is 35.1 Å². The lowest BCUT2D eigenvalue weighted by atomic mass is 10.1. The molecule has 2 aliphatic heterocycles. The number of nitrogens with zero attached hydrogens (tertiary/aromatic N) is 6. The number of nitrogens with two attached hydrogens (primary N) is 1. The molecule has 7 atom stereocenters. The monoisotopic (exact) mass is 763 g/mol. The molecular weight excluding hydrogens is 723 g/mol. The lowest BCUT2D eigenvalue weighted by Gasteiger charge is -2.24. The number of carbonyl (C=O) groups is 3. The molecule has 7 rings (SSSR count). The van der Waals surface area contributed by atoms with Crippen LogP contribution in [0.15, 0.2) is 65.8 Å². The standard InChI is InChI=1S/C34H41N11O8S/c1-18-31(49)45(34(51)37-18)25-14-24(27(47)28(25)48)44-17-36-26-29(38-22(16-46)13-19-5-3-2-4-6-19)41-32(42-30(26)44)43-12-11-21(15-43)40-33(50)39-20-7-9-23(10-8-20)54(35,52)53/h2-10,17-18,21-22,24-25,27-28,46-48H,11-16H2,1H3,(H,37,51)(H2,35,52,53)(H,38,41,42)(H2,39,40,50)/t18-,21+,22-,24+,25-,27-,28+/m0/s1. The number of rotatable bonds is 11. The average Bonchev–Trinajstić information content (AvgIpc) is 3.90. The van der Waals surface area contributed by atoms with Crippen LogP contribution in [0.5, 0.6) is 0 Å². The van der Waals surface area contributed by atoms with Gasteiger partial charge >= 0.3 is 12.1 Å². The number of aromatic nitrogens is 4. The fourth-order valence-corrected chi connectivity index (χ4v) is 7.76. The van der Waals surface area contributed by atoms with Crippen LogP contribution < -0.4 is 31.3 Å². The summed E-state index contributed by atoms with van der Waals surface area (Å²) in [5.74, 6) is 0.0927. The van der Waals surface area contributed by atoms with E-state index in [1.54, 1.807) is 11.5 Å². The summed E-state index contributed by atoms with van der Waals surface area (Å²) in [6.45, 7) is 2.09. The normalized spacial score (nSPS) is 24.9. The van der Waals surface area contributed by atoms with E-state index in [-0.39, 0.29) is 29.9 Å². The minimum atomic E-state index is -3.88. The van der Waals surface area contributed by atoms with Gasteiger partial charge in [0.15, 0.2) is 17.0 Å². The molecule has 1 aliphatic carbocycles. The molecule has 0 unspecified atom stereocenters. The fraction of sp³-hybridized carbons (Fsp3) is 0.412. The van der Waals surface area contributed by atoms with E-state index in [4.69, 9.17) is 15.1 Å². The van der Waals surface area contributed by atoms with Crippen molar-refractivity contribution in [2.24, 2.45) is 5.14 Å². The van der Waals surface area contributed by atoms with Crippen molar-refractivity contribution in [3.05, 3.63) is 66.5 Å². The molecule has 4 heterocycles. The number of benzene rings is 2. The number of hydrogen-bond donors (Lipinski definition) is 8. The maximum absolute atomic E-state index is 12.9. The smallest absolute Gasteiger partial charge is 0.325 e. The van der Waals surface area contributed by atoms with Gasteiger partial charge in [-0.05, 0) is 56.0 Å². The van der Waals surface area contributed by atoms with Crippen LogP contribution in [0.1, 0.15) is 31.4 Å². The predicted molar refractivity (Wildman–Crippen MR) is 195 cm³/mol. The van der Waals surface area contributed by atoms with Gasteiger partial charge in [-0.25, -0.2) is 28.1 Å². The first kappa shape index (κ1) is 36.9. The van der Waals surface area contributed by atoms with Crippen molar-refractivity contribution in [1.29, 1.82) is 0 Å². The quantitative estimate of drug-likeness (QED) is 0.0926. The predicted octanol–water partition coefficient (Wildman–Crippen LogP) is -0.135. The number of aliphatic hydroxyl groups is 3. The number of hydrogen-bond acceptors (Lipinski definition) is 13. The molecule has 2 aromatic heterocycles. The van der Waals surface area contributed by atoms with Crippen molar-refractivity contribution in [3.63, 3.8) is 0 Å². The highest BCUT2D eigenvalue weighted by Gasteiger charge is 2.51. The van der Waals surface area contributed by atoms with Gasteiger partial charge in [-0.15, -0.1) is 0 Å². The largest absolute Gasteiger partial charge is 0.394 e. The second-order valence-electron chi connectivity index (χ2n) is 13.7. The molecule has 54 heavy (non-hydrogen) atoms. The van der Waals surface area contributed by atoms with Gasteiger partial charge in [-0.1, -0.05) is 30.3 Å². The number of nitrogens with one attached hydrogen (secondary N) is 4. The molecule has 2 aromatic carbocycles. The van der Waals surface area contributed by atoms with Crippen molar-refractivity contribution >= 4 is 56.6 Å². The summed E-state index contributed by atoms with van der Waals surface area (Å²) in [6, 6.07) is 10.5. The van der Waals surface area contributed by atoms with E-state index in [1.165, 1.54) is 30.6 Å². The number of imide groups is 1. The molecule has 20 heteroatoms. The summed E-state index contributed by atoms with van der Waals surface area (Å²) >= 11 is 0. The third kappa shape index (κ3) is 7.37. The lowest BCUT2D eigenvalue weighted by Crippen LogP contribution is -2.47. The van der Waals surface area contributed by atoms with Gasteiger partial charge in [0.05, 0.1) is 36.0 Å². The van der Waals surface area contributed by atoms with Crippen LogP contribution in [-0.4, -0.2) is 122 Å². The van der Waals surface area contributed by atoms with Gasteiger partial charge in [0, 0.05) is 24.8 Å². The number of aliphatic hydroxyl groups excluding tert-OH is 3. The summed E-state index contributed by atoms with van der Waals surface area (Å²) in [6.07, 6.45) is -0.311. The summed E-state index contributed by atoms with van der Waals surface area (Å²) in [7, 11) is -3.88. The number of sulfonamides is 1. The molecule has 4 aromatic rings. The Hall–Kier alpha value is -5.41. The van der Waals surface area contributed by atoms with Crippen molar-refractivity contribution in [2.75, 3.05) is 35.2 Å². The van der Waals surface area contributed by atoms with Crippen LogP contribution >= 0.6 is 0 Å². The Labute approximate surface area is 309 Å². The number of amides is 5. The SMILES string of the molecule is C[C@@H]1NC(=O)N([C@H]2C[C@@H](n3cnc4c(N[C@H](CO)Cc5ccccc5)nc(N5CC[C@@H](NC(=O)Nc6ccc(S(N)(=O)=O)cc6)C5)nc43)[C@H](O)[C@@H]2O)C1=O. The van der Waals surface area contributed by atoms with Gasteiger partial charge in [-0.3, -0.25) is 9.69 Å². The Kier molecular flexibility index (Phi) is 10.1. The van der Waals surface area contributed by atoms with E-state index >= 15 is 0 Å². The minimum absolute atomic E-state index is 0.0324. The van der Waals surface area contributed by atoms with Gasteiger partial charge < -0.3 is 46.1 Å². The molecule has 5 amide bonds. The molecule has 2 saturated heterocycles. The van der Waals surface area contributed by atoms with Gasteiger partial charge in [0.2, 0.25) is 16.0 Å². The zero-order valence-corrected chi connectivity index (χ0v) is 29.9. The number of fused-ring (bicyclic) bond motifs is 1. The Morgan fingerprint density at radius 1 is 1.06 bits per heavy atom. The zero-order valence-electron chi connectivity index (χ0n) is 29.1. The molecule has 0 spiro atoms. The maximum Gasteiger partial charge on any atom is 0.325 e. The van der Waals surface area contributed by atoms with Gasteiger partial charge in [0.25, 0.3) is 5.91 Å². The van der Waals surface area contributed by atoms with Crippen LogP contribution in [0.2, 0.25) is 0 Å². The molecule has 1 saturated carbocycles. The summed E-state index contributed by atoms with van der Waals surface area (Å²) < 4.78 is 24.7. The molecular formula is C34H41N11O8S. The third-order valence-corrected chi connectivity index (χ3v) is 10.9. The Balaban J connectivity index is 1.15. The molecule has 19 nitrogen and oxygen atoms in total. The topological polar surface area (TPSA) is 270 Å². The van der Waals surface area contributed by atoms with E-state index in [0.29, 0.717) is 48.6 Å². The Bertz CT molecular complexity index is 2150. The number of primary sulfonamides is 1. The van der Waals surface area contributed by atoms with E-state index < -0.39 is 64.4 Å². The Morgan fingerprint density at radius 2 is 1.78 bits per heavy atom. The fourth-order valence-electron chi connectivity index (χ4n) is 7.24. The summed E-state index contributed by atoms with van der Waals surface area (Å²) in [4.78, 5) is 55.3. The lowest BCUT2D eigenvalue weighted by molar-refractivity contribution is -0.130. The van der Waals surface area contributed by atoms with E-state index in [0.717, 1.165) is 10.5 Å².